The van der Waals surface area contributed by atoms with Crippen LogP contribution in [0.25, 0.3) is 0 Å². The first-order valence-electron chi connectivity index (χ1n) is 5.60. The predicted octanol–water partition coefficient (Wildman–Crippen LogP) is 0.482. The first kappa shape index (κ1) is 13.6. The molecule has 0 aromatic heterocycles. The van der Waals surface area contributed by atoms with Gasteiger partial charge in [0.05, 0.1) is 13.7 Å². The van der Waals surface area contributed by atoms with Crippen LogP contribution >= 0.6 is 0 Å². The van der Waals surface area contributed by atoms with Gasteiger partial charge in [-0.05, 0) is 17.7 Å². The van der Waals surface area contributed by atoms with Crippen molar-refractivity contribution < 1.29 is 22.7 Å². The molecule has 1 fully saturated rings. The lowest BCUT2D eigenvalue weighted by molar-refractivity contribution is 0.169. The van der Waals surface area contributed by atoms with Gasteiger partial charge < -0.3 is 9.47 Å². The maximum absolute atomic E-state index is 11.8. The number of nitrogens with one attached hydrogen (secondary N) is 1. The molecule has 1 aliphatic rings. The first-order chi connectivity index (χ1) is 9.03. The van der Waals surface area contributed by atoms with E-state index < -0.39 is 16.3 Å². The predicted molar refractivity (Wildman–Crippen MR) is 66.8 cm³/mol. The molecular formula is C11H14N2O5S. The fraction of sp³-hybridized carbons (Fsp3) is 0.364. The number of hydrogen-bond acceptors (Lipinski definition) is 5. The van der Waals surface area contributed by atoms with Crippen LogP contribution in [-0.2, 0) is 21.5 Å². The highest BCUT2D eigenvalue weighted by atomic mass is 32.2. The molecule has 0 saturated carbocycles. The fourth-order valence-corrected chi connectivity index (χ4v) is 2.66. The minimum absolute atomic E-state index is 0.0385. The summed E-state index contributed by atoms with van der Waals surface area (Å²) in [6.45, 7) is 0.217. The summed E-state index contributed by atoms with van der Waals surface area (Å²) >= 11 is 0. The monoisotopic (exact) mass is 286 g/mol. The second-order valence-electron chi connectivity index (χ2n) is 3.86. The molecule has 1 N–H and O–H groups in total. The van der Waals surface area contributed by atoms with Crippen LogP contribution in [0, 0.1) is 0 Å². The number of rotatable bonds is 5. The van der Waals surface area contributed by atoms with E-state index in [1.54, 1.807) is 31.4 Å². The van der Waals surface area contributed by atoms with Crippen molar-refractivity contribution >= 4 is 16.3 Å². The molecule has 1 aromatic carbocycles. The Morgan fingerprint density at radius 1 is 1.37 bits per heavy atom. The van der Waals surface area contributed by atoms with Crippen molar-refractivity contribution in [2.45, 2.75) is 6.54 Å². The molecule has 0 spiro atoms. The van der Waals surface area contributed by atoms with E-state index in [4.69, 9.17) is 4.74 Å². The van der Waals surface area contributed by atoms with E-state index >= 15 is 0 Å². The van der Waals surface area contributed by atoms with Crippen molar-refractivity contribution in [3.63, 3.8) is 0 Å². The molecule has 0 radical (unpaired) electrons. The summed E-state index contributed by atoms with van der Waals surface area (Å²) in [5.41, 5.74) is 0.761. The summed E-state index contributed by atoms with van der Waals surface area (Å²) in [4.78, 5) is 11.2. The van der Waals surface area contributed by atoms with Crippen molar-refractivity contribution in [2.75, 3.05) is 20.3 Å². The minimum Gasteiger partial charge on any atom is -0.497 e. The van der Waals surface area contributed by atoms with Crippen molar-refractivity contribution in [3.8, 4) is 5.75 Å². The topological polar surface area (TPSA) is 84.9 Å². The van der Waals surface area contributed by atoms with E-state index in [1.165, 1.54) is 0 Å². The summed E-state index contributed by atoms with van der Waals surface area (Å²) < 4.78 is 36.3. The molecule has 0 atom stereocenters. The molecule has 19 heavy (non-hydrogen) atoms. The molecule has 1 heterocycles. The Balaban J connectivity index is 1.99. The maximum atomic E-state index is 11.8. The highest BCUT2D eigenvalue weighted by molar-refractivity contribution is 7.87. The quantitative estimate of drug-likeness (QED) is 0.851. The summed E-state index contributed by atoms with van der Waals surface area (Å²) in [6, 6.07) is 6.94. The molecule has 2 rings (SSSR count). The van der Waals surface area contributed by atoms with Crippen LogP contribution < -0.4 is 9.46 Å². The van der Waals surface area contributed by atoms with Crippen LogP contribution in [-0.4, -0.2) is 39.1 Å². The molecule has 1 aromatic rings. The van der Waals surface area contributed by atoms with E-state index in [9.17, 15) is 13.2 Å². The van der Waals surface area contributed by atoms with Gasteiger partial charge in [0.15, 0.2) is 0 Å². The third kappa shape index (κ3) is 3.15. The molecule has 1 amide bonds. The normalized spacial score (nSPS) is 15.4. The molecule has 104 valence electrons. The van der Waals surface area contributed by atoms with Gasteiger partial charge in [-0.25, -0.2) is 4.79 Å². The second-order valence-corrected chi connectivity index (χ2v) is 5.54. The zero-order valence-electron chi connectivity index (χ0n) is 10.3. The standard InChI is InChI=1S/C11H14N2O5S/c1-17-10-4-2-9(3-5-10)8-12-19(15,16)13-6-7-18-11(13)14/h2-5,12H,6-8H2,1H3. The van der Waals surface area contributed by atoms with Gasteiger partial charge in [0, 0.05) is 6.54 Å². The number of benzene rings is 1. The Labute approximate surface area is 111 Å². The largest absolute Gasteiger partial charge is 0.497 e. The number of cyclic esters (lactones) is 1. The zero-order chi connectivity index (χ0) is 13.9. The molecule has 8 heteroatoms. The lowest BCUT2D eigenvalue weighted by atomic mass is 10.2. The van der Waals surface area contributed by atoms with Gasteiger partial charge in [-0.3, -0.25) is 0 Å². The van der Waals surface area contributed by atoms with E-state index in [1.807, 2.05) is 0 Å². The number of hydrogen-bond donors (Lipinski definition) is 1. The number of carbonyl (C=O) groups excluding carboxylic acids is 1. The second kappa shape index (κ2) is 5.45. The van der Waals surface area contributed by atoms with Crippen molar-refractivity contribution in [2.24, 2.45) is 0 Å². The third-order valence-corrected chi connectivity index (χ3v) is 4.05. The lowest BCUT2D eigenvalue weighted by Gasteiger charge is -2.14. The van der Waals surface area contributed by atoms with E-state index in [2.05, 4.69) is 9.46 Å². The van der Waals surface area contributed by atoms with Crippen LogP contribution in [0.15, 0.2) is 24.3 Å². The lowest BCUT2D eigenvalue weighted by Crippen LogP contribution is -2.40. The van der Waals surface area contributed by atoms with Crippen LogP contribution in [0.3, 0.4) is 0 Å². The Hall–Kier alpha value is -1.80. The maximum Gasteiger partial charge on any atom is 0.424 e. The van der Waals surface area contributed by atoms with Gasteiger partial charge in [0.25, 0.3) is 0 Å². The van der Waals surface area contributed by atoms with Gasteiger partial charge in [-0.2, -0.15) is 17.4 Å². The van der Waals surface area contributed by atoms with Crippen molar-refractivity contribution in [1.82, 2.24) is 9.03 Å². The average molecular weight is 286 g/mol. The third-order valence-electron chi connectivity index (χ3n) is 2.63. The van der Waals surface area contributed by atoms with Crippen molar-refractivity contribution in [1.29, 1.82) is 0 Å². The van der Waals surface area contributed by atoms with E-state index in [-0.39, 0.29) is 19.7 Å². The number of carbonyl (C=O) groups is 1. The molecule has 7 nitrogen and oxygen atoms in total. The fourth-order valence-electron chi connectivity index (χ4n) is 1.59. The number of amides is 1. The number of nitrogens with zero attached hydrogens (tertiary/aromatic N) is 1. The van der Waals surface area contributed by atoms with Gasteiger partial charge in [-0.15, -0.1) is 0 Å². The highest BCUT2D eigenvalue weighted by Crippen LogP contribution is 2.12. The van der Waals surface area contributed by atoms with Gasteiger partial charge >= 0.3 is 16.3 Å². The molecular weight excluding hydrogens is 272 g/mol. The Kier molecular flexibility index (Phi) is 3.91. The summed E-state index contributed by atoms with van der Waals surface area (Å²) in [5, 5.41) is 0. The number of ether oxygens (including phenoxy) is 2. The summed E-state index contributed by atoms with van der Waals surface area (Å²) in [7, 11) is -2.29. The summed E-state index contributed by atoms with van der Waals surface area (Å²) in [5.74, 6) is 0.690. The van der Waals surface area contributed by atoms with Gasteiger partial charge in [0.2, 0.25) is 0 Å². The highest BCUT2D eigenvalue weighted by Gasteiger charge is 2.33. The first-order valence-corrected chi connectivity index (χ1v) is 7.04. The molecule has 0 unspecified atom stereocenters. The molecule has 0 aliphatic carbocycles. The minimum atomic E-state index is -3.85. The van der Waals surface area contributed by atoms with Crippen LogP contribution in [0.2, 0.25) is 0 Å². The van der Waals surface area contributed by atoms with Gasteiger partial charge in [0.1, 0.15) is 12.4 Å². The Bertz CT molecular complexity index is 555. The zero-order valence-corrected chi connectivity index (χ0v) is 11.1. The molecule has 0 bridgehead atoms. The van der Waals surface area contributed by atoms with Crippen LogP contribution in [0.4, 0.5) is 4.79 Å². The van der Waals surface area contributed by atoms with Gasteiger partial charge in [-0.1, -0.05) is 12.1 Å². The smallest absolute Gasteiger partial charge is 0.424 e. The van der Waals surface area contributed by atoms with E-state index in [0.29, 0.717) is 10.1 Å². The van der Waals surface area contributed by atoms with Crippen molar-refractivity contribution in [3.05, 3.63) is 29.8 Å². The van der Waals surface area contributed by atoms with Crippen LogP contribution in [0.5, 0.6) is 5.75 Å². The number of methoxy groups -OCH3 is 1. The summed E-state index contributed by atoms with van der Waals surface area (Å²) in [6.07, 6.45) is -0.845. The van der Waals surface area contributed by atoms with E-state index in [0.717, 1.165) is 5.56 Å². The van der Waals surface area contributed by atoms with Crippen LogP contribution in [0.1, 0.15) is 5.56 Å². The Morgan fingerprint density at radius 3 is 2.58 bits per heavy atom. The average Bonchev–Trinajstić information content (AvgIpc) is 2.84. The Morgan fingerprint density at radius 2 is 2.05 bits per heavy atom. The molecule has 1 aliphatic heterocycles. The molecule has 1 saturated heterocycles. The SMILES string of the molecule is COc1ccc(CNS(=O)(=O)N2CCOC2=O)cc1.